The molecule has 1 aliphatic rings. The van der Waals surface area contributed by atoms with Gasteiger partial charge < -0.3 is 18.9 Å². The van der Waals surface area contributed by atoms with Crippen LogP contribution >= 0.6 is 23.2 Å². The Morgan fingerprint density at radius 2 is 1.72 bits per heavy atom. The van der Waals surface area contributed by atoms with E-state index in [2.05, 4.69) is 4.74 Å². The van der Waals surface area contributed by atoms with Gasteiger partial charge in [-0.3, -0.25) is 9.48 Å². The highest BCUT2D eigenvalue weighted by atomic mass is 35.5. The zero-order valence-electron chi connectivity index (χ0n) is 19.6. The van der Waals surface area contributed by atoms with Crippen LogP contribution in [-0.2, 0) is 27.4 Å². The molecule has 8 nitrogen and oxygen atoms in total. The number of fused-ring (bicyclic) bond motifs is 1. The Morgan fingerprint density at radius 3 is 2.39 bits per heavy atom. The second-order valence-corrected chi connectivity index (χ2v) is 8.63. The molecule has 0 saturated carbocycles. The van der Waals surface area contributed by atoms with E-state index in [0.717, 1.165) is 25.0 Å². The molecule has 1 aliphatic heterocycles. The minimum atomic E-state index is -0.697. The fourth-order valence-corrected chi connectivity index (χ4v) is 4.37. The molecule has 0 aliphatic carbocycles. The van der Waals surface area contributed by atoms with Crippen molar-refractivity contribution in [1.82, 2.24) is 9.36 Å². The van der Waals surface area contributed by atoms with Crippen molar-refractivity contribution < 1.29 is 28.1 Å². The Hall–Kier alpha value is -3.43. The van der Waals surface area contributed by atoms with E-state index in [4.69, 9.17) is 37.4 Å². The second kappa shape index (κ2) is 11.1. The number of para-hydroxylation sites is 2. The van der Waals surface area contributed by atoms with E-state index in [1.54, 1.807) is 28.9 Å². The number of nitrogens with zero attached hydrogens (tertiary/aromatic N) is 2. The predicted octanol–water partition coefficient (Wildman–Crippen LogP) is 5.43. The van der Waals surface area contributed by atoms with E-state index in [0.29, 0.717) is 18.8 Å². The lowest BCUT2D eigenvalue weighted by Crippen LogP contribution is -2.27. The Labute approximate surface area is 216 Å². The van der Waals surface area contributed by atoms with Crippen LogP contribution in [0, 0.1) is 5.82 Å². The van der Waals surface area contributed by atoms with Crippen LogP contribution in [0.2, 0.25) is 10.2 Å². The quantitative estimate of drug-likeness (QED) is 0.217. The largest absolute Gasteiger partial charge is 0.497 e. The first-order valence-corrected chi connectivity index (χ1v) is 11.8. The summed E-state index contributed by atoms with van der Waals surface area (Å²) in [6, 6.07) is 9.14. The molecule has 0 amide bonds. The Bertz CT molecular complexity index is 1380. The molecular weight excluding hydrogens is 514 g/mol. The molecule has 0 saturated heterocycles. The topological polar surface area (TPSA) is 80.9 Å². The minimum Gasteiger partial charge on any atom is -0.497 e. The summed E-state index contributed by atoms with van der Waals surface area (Å²) in [5.74, 6) is -0.379. The number of methoxy groups -OCH3 is 2. The first kappa shape index (κ1) is 25.7. The molecule has 0 radical (unpaired) electrons. The summed E-state index contributed by atoms with van der Waals surface area (Å²) in [6.45, 7) is 0.998. The third-order valence-corrected chi connectivity index (χ3v) is 6.31. The SMILES string of the molecule is COC(=O)/C=C(\COc1ccccc1Oc1cc(-c2c(Cl)n3n(c2=O)CCCC3)c(F)cc1Cl)OC. The van der Waals surface area contributed by atoms with Crippen LogP contribution in [0.15, 0.2) is 53.0 Å². The molecule has 11 heteroatoms. The molecule has 4 rings (SSSR count). The number of ether oxygens (including phenoxy) is 4. The van der Waals surface area contributed by atoms with Crippen LogP contribution in [0.3, 0.4) is 0 Å². The van der Waals surface area contributed by atoms with Gasteiger partial charge in [-0.2, -0.15) is 0 Å². The zero-order chi connectivity index (χ0) is 25.8. The first-order valence-electron chi connectivity index (χ1n) is 11.0. The Kier molecular flexibility index (Phi) is 7.91. The molecule has 0 bridgehead atoms. The summed E-state index contributed by atoms with van der Waals surface area (Å²) in [7, 11) is 2.65. The summed E-state index contributed by atoms with van der Waals surface area (Å²) < 4.78 is 39.7. The summed E-state index contributed by atoms with van der Waals surface area (Å²) in [5, 5.41) is 0.162. The van der Waals surface area contributed by atoms with E-state index >= 15 is 4.39 Å². The third kappa shape index (κ3) is 5.22. The second-order valence-electron chi connectivity index (χ2n) is 7.86. The van der Waals surface area contributed by atoms with Gasteiger partial charge in [0, 0.05) is 18.7 Å². The van der Waals surface area contributed by atoms with Gasteiger partial charge in [0.25, 0.3) is 5.56 Å². The lowest BCUT2D eigenvalue weighted by atomic mass is 10.1. The van der Waals surface area contributed by atoms with Crippen LogP contribution in [0.4, 0.5) is 4.39 Å². The van der Waals surface area contributed by atoms with Crippen LogP contribution < -0.4 is 15.0 Å². The molecule has 36 heavy (non-hydrogen) atoms. The molecule has 0 unspecified atom stereocenters. The van der Waals surface area contributed by atoms with Crippen LogP contribution in [0.25, 0.3) is 11.1 Å². The maximum Gasteiger partial charge on any atom is 0.334 e. The monoisotopic (exact) mass is 536 g/mol. The highest BCUT2D eigenvalue weighted by Gasteiger charge is 2.25. The highest BCUT2D eigenvalue weighted by molar-refractivity contribution is 6.33. The zero-order valence-corrected chi connectivity index (χ0v) is 21.1. The third-order valence-electron chi connectivity index (χ3n) is 5.63. The maximum absolute atomic E-state index is 15.0. The van der Waals surface area contributed by atoms with Gasteiger partial charge in [0.15, 0.2) is 11.5 Å². The van der Waals surface area contributed by atoms with Crippen LogP contribution in [0.1, 0.15) is 12.8 Å². The summed E-state index contributed by atoms with van der Waals surface area (Å²) in [4.78, 5) is 24.5. The van der Waals surface area contributed by atoms with E-state index in [-0.39, 0.29) is 50.7 Å². The van der Waals surface area contributed by atoms with Gasteiger partial charge in [-0.15, -0.1) is 0 Å². The molecule has 3 aromatic rings. The molecule has 2 heterocycles. The van der Waals surface area contributed by atoms with Gasteiger partial charge in [-0.05, 0) is 37.1 Å². The smallest absolute Gasteiger partial charge is 0.334 e. The molecule has 0 fully saturated rings. The van der Waals surface area contributed by atoms with E-state index < -0.39 is 11.8 Å². The van der Waals surface area contributed by atoms with Crippen molar-refractivity contribution in [2.75, 3.05) is 20.8 Å². The number of aromatic nitrogens is 2. The lowest BCUT2D eigenvalue weighted by molar-refractivity contribution is -0.135. The molecule has 0 atom stereocenters. The van der Waals surface area contributed by atoms with Crippen molar-refractivity contribution in [3.63, 3.8) is 0 Å². The Balaban J connectivity index is 1.66. The van der Waals surface area contributed by atoms with Gasteiger partial charge in [0.1, 0.15) is 29.1 Å². The van der Waals surface area contributed by atoms with Crippen LogP contribution in [0.5, 0.6) is 17.2 Å². The normalized spacial score (nSPS) is 13.2. The fraction of sp³-hybridized carbons (Fsp3) is 0.280. The van der Waals surface area contributed by atoms with Gasteiger partial charge in [0.2, 0.25) is 0 Å². The minimum absolute atomic E-state index is 0.00517. The number of hydrogen-bond acceptors (Lipinski definition) is 6. The lowest BCUT2D eigenvalue weighted by Gasteiger charge is -2.17. The van der Waals surface area contributed by atoms with Crippen LogP contribution in [-0.4, -0.2) is 36.2 Å². The fourth-order valence-electron chi connectivity index (χ4n) is 3.82. The van der Waals surface area contributed by atoms with E-state index in [1.807, 2.05) is 0 Å². The number of carbonyl (C=O) groups is 1. The predicted molar refractivity (Wildman–Crippen MR) is 132 cm³/mol. The van der Waals surface area contributed by atoms with E-state index in [1.165, 1.54) is 25.0 Å². The Morgan fingerprint density at radius 1 is 1.03 bits per heavy atom. The van der Waals surface area contributed by atoms with Gasteiger partial charge in [-0.25, -0.2) is 13.9 Å². The summed E-state index contributed by atoms with van der Waals surface area (Å²) in [5.41, 5.74) is -0.334. The van der Waals surface area contributed by atoms with Crippen molar-refractivity contribution in [3.8, 4) is 28.4 Å². The molecule has 1 aromatic heterocycles. The van der Waals surface area contributed by atoms with Gasteiger partial charge in [-0.1, -0.05) is 35.3 Å². The van der Waals surface area contributed by atoms with Crippen molar-refractivity contribution >= 4 is 29.2 Å². The van der Waals surface area contributed by atoms with Crippen molar-refractivity contribution in [2.24, 2.45) is 0 Å². The average molecular weight is 537 g/mol. The molecular formula is C25H23Cl2FN2O6. The van der Waals surface area contributed by atoms with Crippen molar-refractivity contribution in [3.05, 3.63) is 74.6 Å². The average Bonchev–Trinajstić information content (AvgIpc) is 3.13. The number of carbonyl (C=O) groups excluding carboxylic acids is 1. The molecule has 0 N–H and O–H groups in total. The van der Waals surface area contributed by atoms with Gasteiger partial charge >= 0.3 is 5.97 Å². The maximum atomic E-state index is 15.0. The molecule has 2 aromatic carbocycles. The van der Waals surface area contributed by atoms with Crippen molar-refractivity contribution in [1.29, 1.82) is 0 Å². The standard InChI is InChI=1S/C25H23Cl2FN2O6/c1-33-15(11-22(31)34-2)14-35-19-7-3-4-8-20(19)36-21-12-16(18(28)13-17(21)26)23-24(27)29-9-5-6-10-30(29)25(23)32/h3-4,7-8,11-13H,5-6,9-10,14H2,1-2H3/b15-11+. The highest BCUT2D eigenvalue weighted by Crippen LogP contribution is 2.40. The summed E-state index contributed by atoms with van der Waals surface area (Å²) in [6.07, 6.45) is 2.88. The van der Waals surface area contributed by atoms with Gasteiger partial charge in [0.05, 0.1) is 30.9 Å². The molecule has 0 spiro atoms. The first-order chi connectivity index (χ1) is 17.3. The number of rotatable bonds is 8. The number of hydrogen-bond donors (Lipinski definition) is 0. The number of esters is 1. The number of halogens is 3. The van der Waals surface area contributed by atoms with Crippen molar-refractivity contribution in [2.45, 2.75) is 25.9 Å². The molecule has 190 valence electrons. The number of benzene rings is 2. The summed E-state index contributed by atoms with van der Waals surface area (Å²) >= 11 is 12.8. The van der Waals surface area contributed by atoms with E-state index in [9.17, 15) is 9.59 Å².